The molecule has 0 aromatic carbocycles. The minimum Gasteiger partial charge on any atom is -0.445 e. The molecule has 0 radical (unpaired) electrons. The number of nitrogens with zero attached hydrogens (tertiary/aromatic N) is 1. The second kappa shape index (κ2) is 6.05. The van der Waals surface area contributed by atoms with E-state index in [0.717, 1.165) is 0 Å². The molecule has 6 heteroatoms. The molecule has 1 aliphatic rings. The summed E-state index contributed by atoms with van der Waals surface area (Å²) in [5, 5.41) is 9.82. The predicted octanol–water partition coefficient (Wildman–Crippen LogP) is 1.93. The molecule has 1 aliphatic heterocycles. The van der Waals surface area contributed by atoms with Crippen LogP contribution in [0.3, 0.4) is 0 Å². The van der Waals surface area contributed by atoms with E-state index in [2.05, 4.69) is 6.58 Å². The lowest BCUT2D eigenvalue weighted by Crippen LogP contribution is -2.61. The predicted molar refractivity (Wildman–Crippen MR) is 77.4 cm³/mol. The van der Waals surface area contributed by atoms with Crippen molar-refractivity contribution in [1.82, 2.24) is 4.90 Å². The van der Waals surface area contributed by atoms with Crippen LogP contribution in [0, 0.1) is 11.3 Å². The smallest absolute Gasteiger partial charge is 0.414 e. The molecule has 0 aliphatic carbocycles. The number of aliphatic hydroxyl groups excluding tert-OH is 1. The first-order valence-electron chi connectivity index (χ1n) is 7.01. The Labute approximate surface area is 125 Å². The Morgan fingerprint density at radius 2 is 2.14 bits per heavy atom. The van der Waals surface area contributed by atoms with E-state index in [0.29, 0.717) is 0 Å². The van der Waals surface area contributed by atoms with Gasteiger partial charge in [0.15, 0.2) is 11.8 Å². The standard InChI is InChI=1S/C15H25NO5/c1-7-8-20-13(19)16-11(14(4,5)6)21-12(18)15(16,9-17)10(2)3/h7,10-11,17H,1,8-9H2,2-6H3/t11-,15-/m1/s1. The maximum Gasteiger partial charge on any atom is 0.414 e. The fourth-order valence-corrected chi connectivity index (χ4v) is 2.42. The van der Waals surface area contributed by atoms with E-state index in [1.54, 1.807) is 13.8 Å². The van der Waals surface area contributed by atoms with Gasteiger partial charge in [-0.2, -0.15) is 0 Å². The van der Waals surface area contributed by atoms with Gasteiger partial charge in [0, 0.05) is 5.41 Å². The maximum atomic E-state index is 12.4. The summed E-state index contributed by atoms with van der Waals surface area (Å²) in [6.45, 7) is 12.1. The van der Waals surface area contributed by atoms with Crippen molar-refractivity contribution in [3.8, 4) is 0 Å². The number of carbonyl (C=O) groups excluding carboxylic acids is 2. The van der Waals surface area contributed by atoms with Crippen LogP contribution in [0.4, 0.5) is 4.79 Å². The van der Waals surface area contributed by atoms with Crippen LogP contribution in [0.15, 0.2) is 12.7 Å². The Bertz CT molecular complexity index is 426. The van der Waals surface area contributed by atoms with Gasteiger partial charge in [-0.15, -0.1) is 0 Å². The molecule has 6 nitrogen and oxygen atoms in total. The number of carbonyl (C=O) groups is 2. The van der Waals surface area contributed by atoms with E-state index in [9.17, 15) is 14.7 Å². The Morgan fingerprint density at radius 1 is 1.57 bits per heavy atom. The third-order valence-corrected chi connectivity index (χ3v) is 3.69. The molecule has 1 heterocycles. The average Bonchev–Trinajstić information content (AvgIpc) is 2.69. The van der Waals surface area contributed by atoms with Crippen molar-refractivity contribution in [2.24, 2.45) is 11.3 Å². The number of aliphatic hydroxyl groups is 1. The number of esters is 1. The topological polar surface area (TPSA) is 76.1 Å². The van der Waals surface area contributed by atoms with Gasteiger partial charge in [0.2, 0.25) is 0 Å². The average molecular weight is 299 g/mol. The van der Waals surface area contributed by atoms with Crippen molar-refractivity contribution >= 4 is 12.1 Å². The van der Waals surface area contributed by atoms with Crippen molar-refractivity contribution in [3.05, 3.63) is 12.7 Å². The van der Waals surface area contributed by atoms with Crippen LogP contribution in [-0.4, -0.2) is 47.0 Å². The van der Waals surface area contributed by atoms with Crippen LogP contribution in [0.5, 0.6) is 0 Å². The minimum absolute atomic E-state index is 0.0278. The van der Waals surface area contributed by atoms with Gasteiger partial charge < -0.3 is 14.6 Å². The Kier molecular flexibility index (Phi) is 5.04. The zero-order valence-corrected chi connectivity index (χ0v) is 13.4. The monoisotopic (exact) mass is 299 g/mol. The number of hydrogen-bond donors (Lipinski definition) is 1. The lowest BCUT2D eigenvalue weighted by atomic mass is 9.84. The highest BCUT2D eigenvalue weighted by Gasteiger charge is 2.62. The second-order valence-electron chi connectivity index (χ2n) is 6.60. The van der Waals surface area contributed by atoms with Crippen LogP contribution < -0.4 is 0 Å². The van der Waals surface area contributed by atoms with Gasteiger partial charge >= 0.3 is 12.1 Å². The molecule has 1 saturated heterocycles. The van der Waals surface area contributed by atoms with E-state index in [-0.39, 0.29) is 12.5 Å². The molecule has 1 fully saturated rings. The van der Waals surface area contributed by atoms with Gasteiger partial charge in [0.05, 0.1) is 6.61 Å². The lowest BCUT2D eigenvalue weighted by Gasteiger charge is -2.40. The number of amides is 1. The van der Waals surface area contributed by atoms with Crippen LogP contribution in [0.25, 0.3) is 0 Å². The van der Waals surface area contributed by atoms with Gasteiger partial charge in [-0.25, -0.2) is 9.59 Å². The van der Waals surface area contributed by atoms with E-state index >= 15 is 0 Å². The number of ether oxygens (including phenoxy) is 2. The third-order valence-electron chi connectivity index (χ3n) is 3.69. The summed E-state index contributed by atoms with van der Waals surface area (Å²) >= 11 is 0. The van der Waals surface area contributed by atoms with E-state index < -0.39 is 35.9 Å². The quantitative estimate of drug-likeness (QED) is 0.634. The second-order valence-corrected chi connectivity index (χ2v) is 6.60. The molecule has 0 unspecified atom stereocenters. The molecule has 1 amide bonds. The van der Waals surface area contributed by atoms with E-state index in [4.69, 9.17) is 9.47 Å². The van der Waals surface area contributed by atoms with Crippen molar-refractivity contribution in [1.29, 1.82) is 0 Å². The highest BCUT2D eigenvalue weighted by molar-refractivity contribution is 5.89. The Morgan fingerprint density at radius 3 is 2.52 bits per heavy atom. The summed E-state index contributed by atoms with van der Waals surface area (Å²) < 4.78 is 10.5. The fourth-order valence-electron chi connectivity index (χ4n) is 2.42. The molecule has 1 N–H and O–H groups in total. The summed E-state index contributed by atoms with van der Waals surface area (Å²) in [5.74, 6) is -0.922. The van der Waals surface area contributed by atoms with Crippen LogP contribution in [0.1, 0.15) is 34.6 Å². The molecule has 0 aromatic rings. The van der Waals surface area contributed by atoms with Crippen molar-refractivity contribution < 1.29 is 24.2 Å². The third kappa shape index (κ3) is 2.90. The number of hydrogen-bond acceptors (Lipinski definition) is 5. The molecule has 21 heavy (non-hydrogen) atoms. The molecular formula is C15H25NO5. The first-order valence-corrected chi connectivity index (χ1v) is 7.01. The van der Waals surface area contributed by atoms with Crippen molar-refractivity contribution in [3.63, 3.8) is 0 Å². The van der Waals surface area contributed by atoms with Gasteiger partial charge in [-0.1, -0.05) is 47.3 Å². The van der Waals surface area contributed by atoms with Crippen LogP contribution >= 0.6 is 0 Å². The zero-order valence-electron chi connectivity index (χ0n) is 13.4. The molecule has 0 bridgehead atoms. The summed E-state index contributed by atoms with van der Waals surface area (Å²) in [4.78, 5) is 26.0. The van der Waals surface area contributed by atoms with Crippen LogP contribution in [0.2, 0.25) is 0 Å². The molecule has 120 valence electrons. The SMILES string of the molecule is C=CCOC(=O)N1[C@@H](C(C)(C)C)OC(=O)[C@@]1(CO)C(C)C. The fraction of sp³-hybridized carbons (Fsp3) is 0.733. The normalized spacial score (nSPS) is 26.0. The summed E-state index contributed by atoms with van der Waals surface area (Å²) in [7, 11) is 0. The summed E-state index contributed by atoms with van der Waals surface area (Å²) in [6, 6.07) is 0. The zero-order chi connectivity index (χ0) is 16.4. The molecule has 2 atom stereocenters. The highest BCUT2D eigenvalue weighted by Crippen LogP contribution is 2.41. The van der Waals surface area contributed by atoms with E-state index in [1.807, 2.05) is 20.8 Å². The molecule has 0 aromatic heterocycles. The summed E-state index contributed by atoms with van der Waals surface area (Å²) in [5.41, 5.74) is -1.93. The van der Waals surface area contributed by atoms with Gasteiger partial charge in [-0.05, 0) is 5.92 Å². The Hall–Kier alpha value is -1.56. The largest absolute Gasteiger partial charge is 0.445 e. The maximum absolute atomic E-state index is 12.4. The number of cyclic esters (lactones) is 1. The molecular weight excluding hydrogens is 274 g/mol. The lowest BCUT2D eigenvalue weighted by molar-refractivity contribution is -0.150. The van der Waals surface area contributed by atoms with Crippen LogP contribution in [-0.2, 0) is 14.3 Å². The summed E-state index contributed by atoms with van der Waals surface area (Å²) in [6.07, 6.45) is -0.0426. The number of rotatable bonds is 4. The highest BCUT2D eigenvalue weighted by atomic mass is 16.6. The van der Waals surface area contributed by atoms with Gasteiger partial charge in [0.1, 0.15) is 6.61 Å². The molecule has 1 rings (SSSR count). The minimum atomic E-state index is -1.42. The van der Waals surface area contributed by atoms with Gasteiger partial charge in [-0.3, -0.25) is 4.90 Å². The van der Waals surface area contributed by atoms with Crippen molar-refractivity contribution in [2.75, 3.05) is 13.2 Å². The van der Waals surface area contributed by atoms with Crippen molar-refractivity contribution in [2.45, 2.75) is 46.4 Å². The molecule has 0 saturated carbocycles. The Balaban J connectivity index is 3.31. The van der Waals surface area contributed by atoms with Gasteiger partial charge in [0.25, 0.3) is 0 Å². The molecule has 0 spiro atoms. The van der Waals surface area contributed by atoms with E-state index in [1.165, 1.54) is 11.0 Å². The first-order chi connectivity index (χ1) is 9.62. The first kappa shape index (κ1) is 17.5.